The van der Waals surface area contributed by atoms with Crippen molar-refractivity contribution in [2.75, 3.05) is 5.32 Å². The SMILES string of the molecule is N#Cc1ccccc1NC(=O)[C@@H]1C[C@@H]1c1ccccc1. The molecule has 20 heavy (non-hydrogen) atoms. The largest absolute Gasteiger partial charge is 0.325 e. The number of nitriles is 1. The van der Waals surface area contributed by atoms with Gasteiger partial charge in [0, 0.05) is 5.92 Å². The fraction of sp³-hybridized carbons (Fsp3) is 0.176. The summed E-state index contributed by atoms with van der Waals surface area (Å²) in [5.74, 6) is 0.330. The van der Waals surface area contributed by atoms with Crippen molar-refractivity contribution in [2.45, 2.75) is 12.3 Å². The molecule has 1 fully saturated rings. The van der Waals surface area contributed by atoms with Gasteiger partial charge in [-0.1, -0.05) is 42.5 Å². The molecule has 0 heterocycles. The average Bonchev–Trinajstić information content (AvgIpc) is 3.29. The average molecular weight is 262 g/mol. The Bertz CT molecular complexity index is 673. The zero-order valence-electron chi connectivity index (χ0n) is 10.9. The second-order valence-electron chi connectivity index (χ2n) is 5.01. The Morgan fingerprint density at radius 1 is 1.10 bits per heavy atom. The topological polar surface area (TPSA) is 52.9 Å². The molecule has 3 heteroatoms. The van der Waals surface area contributed by atoms with Crippen LogP contribution in [-0.2, 0) is 4.79 Å². The summed E-state index contributed by atoms with van der Waals surface area (Å²) < 4.78 is 0. The first kappa shape index (κ1) is 12.4. The summed E-state index contributed by atoms with van der Waals surface area (Å²) >= 11 is 0. The molecule has 0 aliphatic heterocycles. The first-order valence-corrected chi connectivity index (χ1v) is 6.64. The Labute approximate surface area is 117 Å². The molecule has 1 amide bonds. The monoisotopic (exact) mass is 262 g/mol. The highest BCUT2D eigenvalue weighted by atomic mass is 16.2. The molecular formula is C17H14N2O. The Balaban J connectivity index is 1.69. The van der Waals surface area contributed by atoms with Crippen LogP contribution in [0.4, 0.5) is 5.69 Å². The summed E-state index contributed by atoms with van der Waals surface area (Å²) in [6, 6.07) is 19.2. The Morgan fingerprint density at radius 3 is 2.55 bits per heavy atom. The lowest BCUT2D eigenvalue weighted by Crippen LogP contribution is -2.15. The van der Waals surface area contributed by atoms with Crippen LogP contribution in [0.25, 0.3) is 0 Å². The van der Waals surface area contributed by atoms with Gasteiger partial charge in [0.05, 0.1) is 11.3 Å². The van der Waals surface area contributed by atoms with Crippen LogP contribution >= 0.6 is 0 Å². The molecule has 3 rings (SSSR count). The van der Waals surface area contributed by atoms with Crippen molar-refractivity contribution in [3.8, 4) is 6.07 Å². The van der Waals surface area contributed by atoms with Gasteiger partial charge in [0.15, 0.2) is 0 Å². The fourth-order valence-electron chi connectivity index (χ4n) is 2.47. The number of nitrogens with one attached hydrogen (secondary N) is 1. The lowest BCUT2D eigenvalue weighted by molar-refractivity contribution is -0.117. The molecule has 2 aromatic rings. The molecule has 1 N–H and O–H groups in total. The van der Waals surface area contributed by atoms with Gasteiger partial charge in [-0.05, 0) is 30.0 Å². The van der Waals surface area contributed by atoms with Gasteiger partial charge in [-0.3, -0.25) is 4.79 Å². The quantitative estimate of drug-likeness (QED) is 0.922. The number of nitrogens with zero attached hydrogens (tertiary/aromatic N) is 1. The fourth-order valence-corrected chi connectivity index (χ4v) is 2.47. The lowest BCUT2D eigenvalue weighted by Gasteiger charge is -2.06. The molecule has 1 aliphatic carbocycles. The Morgan fingerprint density at radius 2 is 1.80 bits per heavy atom. The number of benzene rings is 2. The van der Waals surface area contributed by atoms with Gasteiger partial charge < -0.3 is 5.32 Å². The van der Waals surface area contributed by atoms with Crippen molar-refractivity contribution >= 4 is 11.6 Å². The normalized spacial score (nSPS) is 19.9. The second kappa shape index (κ2) is 5.18. The van der Waals surface area contributed by atoms with Crippen LogP contribution in [0.15, 0.2) is 54.6 Å². The van der Waals surface area contributed by atoms with Crippen LogP contribution < -0.4 is 5.32 Å². The number of hydrogen-bond acceptors (Lipinski definition) is 2. The number of carbonyl (C=O) groups is 1. The molecule has 1 aliphatic rings. The third kappa shape index (κ3) is 2.41. The molecule has 0 saturated heterocycles. The van der Waals surface area contributed by atoms with Crippen LogP contribution in [0.5, 0.6) is 0 Å². The van der Waals surface area contributed by atoms with Crippen molar-refractivity contribution < 1.29 is 4.79 Å². The smallest absolute Gasteiger partial charge is 0.228 e. The molecule has 0 unspecified atom stereocenters. The molecule has 98 valence electrons. The zero-order valence-corrected chi connectivity index (χ0v) is 10.9. The number of anilines is 1. The predicted octanol–water partition coefficient (Wildman–Crippen LogP) is 3.30. The molecule has 3 nitrogen and oxygen atoms in total. The number of hydrogen-bond donors (Lipinski definition) is 1. The molecule has 0 aromatic heterocycles. The molecule has 2 atom stereocenters. The van der Waals surface area contributed by atoms with Gasteiger partial charge in [-0.25, -0.2) is 0 Å². The molecule has 0 spiro atoms. The number of amides is 1. The van der Waals surface area contributed by atoms with E-state index in [0.717, 1.165) is 6.42 Å². The summed E-state index contributed by atoms with van der Waals surface area (Å²) in [6.45, 7) is 0. The van der Waals surface area contributed by atoms with Gasteiger partial charge in [0.2, 0.25) is 5.91 Å². The number of para-hydroxylation sites is 1. The third-order valence-corrected chi connectivity index (χ3v) is 3.66. The summed E-state index contributed by atoms with van der Waals surface area (Å²) in [7, 11) is 0. The van der Waals surface area contributed by atoms with Gasteiger partial charge in [-0.2, -0.15) is 5.26 Å². The van der Waals surface area contributed by atoms with Crippen molar-refractivity contribution in [3.63, 3.8) is 0 Å². The van der Waals surface area contributed by atoms with E-state index in [4.69, 9.17) is 5.26 Å². The van der Waals surface area contributed by atoms with Gasteiger partial charge in [0.1, 0.15) is 6.07 Å². The van der Waals surface area contributed by atoms with E-state index in [9.17, 15) is 4.79 Å². The van der Waals surface area contributed by atoms with Crippen LogP contribution in [0.1, 0.15) is 23.5 Å². The molecule has 2 aromatic carbocycles. The van der Waals surface area contributed by atoms with Gasteiger partial charge in [0.25, 0.3) is 0 Å². The standard InChI is InChI=1S/C17H14N2O/c18-11-13-8-4-5-9-16(13)19-17(20)15-10-14(15)12-6-2-1-3-7-12/h1-9,14-15H,10H2,(H,19,20)/t14-,15-/m1/s1. The van der Waals surface area contributed by atoms with E-state index in [-0.39, 0.29) is 11.8 Å². The maximum atomic E-state index is 12.2. The van der Waals surface area contributed by atoms with Crippen molar-refractivity contribution in [2.24, 2.45) is 5.92 Å². The minimum Gasteiger partial charge on any atom is -0.325 e. The maximum Gasteiger partial charge on any atom is 0.228 e. The van der Waals surface area contributed by atoms with Gasteiger partial charge >= 0.3 is 0 Å². The minimum atomic E-state index is 0.00144. The molecule has 0 bridgehead atoms. The van der Waals surface area contributed by atoms with Crippen LogP contribution in [-0.4, -0.2) is 5.91 Å². The van der Waals surface area contributed by atoms with E-state index in [2.05, 4.69) is 23.5 Å². The van der Waals surface area contributed by atoms with E-state index in [0.29, 0.717) is 17.2 Å². The first-order chi connectivity index (χ1) is 9.79. The summed E-state index contributed by atoms with van der Waals surface area (Å²) in [5.41, 5.74) is 2.30. The third-order valence-electron chi connectivity index (χ3n) is 3.66. The molecule has 1 saturated carbocycles. The second-order valence-corrected chi connectivity index (χ2v) is 5.01. The Kier molecular flexibility index (Phi) is 3.22. The minimum absolute atomic E-state index is 0.00144. The highest BCUT2D eigenvalue weighted by Gasteiger charge is 2.43. The summed E-state index contributed by atoms with van der Waals surface area (Å²) in [4.78, 5) is 12.2. The Hall–Kier alpha value is -2.60. The summed E-state index contributed by atoms with van der Waals surface area (Å²) in [5, 5.41) is 11.9. The van der Waals surface area contributed by atoms with Crippen LogP contribution in [0.3, 0.4) is 0 Å². The predicted molar refractivity (Wildman–Crippen MR) is 77.1 cm³/mol. The molecular weight excluding hydrogens is 248 g/mol. The number of carbonyl (C=O) groups excluding carboxylic acids is 1. The number of rotatable bonds is 3. The van der Waals surface area contributed by atoms with E-state index in [1.54, 1.807) is 18.2 Å². The van der Waals surface area contributed by atoms with E-state index in [1.165, 1.54) is 5.56 Å². The maximum absolute atomic E-state index is 12.2. The van der Waals surface area contributed by atoms with E-state index < -0.39 is 0 Å². The van der Waals surface area contributed by atoms with Crippen molar-refractivity contribution in [1.29, 1.82) is 5.26 Å². The first-order valence-electron chi connectivity index (χ1n) is 6.64. The van der Waals surface area contributed by atoms with Crippen molar-refractivity contribution in [1.82, 2.24) is 0 Å². The van der Waals surface area contributed by atoms with E-state index >= 15 is 0 Å². The van der Waals surface area contributed by atoms with Gasteiger partial charge in [-0.15, -0.1) is 0 Å². The van der Waals surface area contributed by atoms with Crippen LogP contribution in [0.2, 0.25) is 0 Å². The summed E-state index contributed by atoms with van der Waals surface area (Å²) in [6.07, 6.45) is 0.880. The zero-order chi connectivity index (χ0) is 13.9. The highest BCUT2D eigenvalue weighted by molar-refractivity contribution is 5.96. The highest BCUT2D eigenvalue weighted by Crippen LogP contribution is 2.47. The van der Waals surface area contributed by atoms with Crippen LogP contribution in [0, 0.1) is 17.2 Å². The van der Waals surface area contributed by atoms with Crippen molar-refractivity contribution in [3.05, 3.63) is 65.7 Å². The van der Waals surface area contributed by atoms with E-state index in [1.807, 2.05) is 24.3 Å². The molecule has 0 radical (unpaired) electrons. The lowest BCUT2D eigenvalue weighted by atomic mass is 10.1.